The second-order valence-electron chi connectivity index (χ2n) is 8.44. The summed E-state index contributed by atoms with van der Waals surface area (Å²) in [5.41, 5.74) is 3.77. The topological polar surface area (TPSA) is 133 Å². The minimum atomic E-state index is -5.19. The van der Waals surface area contributed by atoms with Crippen molar-refractivity contribution in [3.63, 3.8) is 0 Å². The van der Waals surface area contributed by atoms with Crippen molar-refractivity contribution in [3.05, 3.63) is 35.0 Å². The summed E-state index contributed by atoms with van der Waals surface area (Å²) < 4.78 is 32.4. The monoisotopic (exact) mass is 491 g/mol. The van der Waals surface area contributed by atoms with Crippen LogP contribution in [0.1, 0.15) is 30.6 Å². The van der Waals surface area contributed by atoms with Crippen LogP contribution in [-0.2, 0) is 20.0 Å². The number of hydrogen-bond donors (Lipinski definition) is 3. The second-order valence-corrected chi connectivity index (χ2v) is 9.39. The van der Waals surface area contributed by atoms with Gasteiger partial charge in [-0.1, -0.05) is 12.1 Å². The fourth-order valence-electron chi connectivity index (χ4n) is 4.43. The molecule has 12 heteroatoms. The highest BCUT2D eigenvalue weighted by molar-refractivity contribution is 7.10. The molecule has 2 amide bonds. The zero-order valence-electron chi connectivity index (χ0n) is 18.0. The number of carbonyl (C=O) groups excluding carboxylic acids is 3. The zero-order valence-corrected chi connectivity index (χ0v) is 18.8. The van der Waals surface area contributed by atoms with Gasteiger partial charge < -0.3 is 30.5 Å². The van der Waals surface area contributed by atoms with E-state index in [1.165, 1.54) is 11.3 Å². The molecule has 4 rings (SSSR count). The molecule has 1 unspecified atom stereocenters. The van der Waals surface area contributed by atoms with Crippen LogP contribution in [0, 0.1) is 5.92 Å². The van der Waals surface area contributed by atoms with Crippen LogP contribution in [0.15, 0.2) is 30.2 Å². The summed E-state index contributed by atoms with van der Waals surface area (Å²) in [7, 11) is 0. The van der Waals surface area contributed by atoms with Crippen LogP contribution in [0.3, 0.4) is 0 Å². The van der Waals surface area contributed by atoms with Gasteiger partial charge in [0.1, 0.15) is 5.97 Å². The maximum Gasteiger partial charge on any atom is 0.430 e. The Morgan fingerprint density at radius 1 is 1.33 bits per heavy atom. The number of aliphatic hydroxyl groups is 1. The maximum atomic E-state index is 13.0. The molecule has 3 fully saturated rings. The quantitative estimate of drug-likeness (QED) is 0.358. The first-order chi connectivity index (χ1) is 15.3. The number of halogens is 3. The molecular weight excluding hydrogens is 463 g/mol. The third-order valence-electron chi connectivity index (χ3n) is 6.23. The van der Waals surface area contributed by atoms with Gasteiger partial charge in [-0.25, -0.2) is 0 Å². The van der Waals surface area contributed by atoms with Crippen molar-refractivity contribution in [2.45, 2.75) is 43.5 Å². The number of carboxylic acid groups (broad SMARTS) is 1. The Bertz CT molecular complexity index is 854. The van der Waals surface area contributed by atoms with Crippen LogP contribution in [0.4, 0.5) is 13.2 Å². The number of primary amides is 1. The Hall–Kier alpha value is -2.44. The Balaban J connectivity index is 0.000000479. The normalized spacial score (nSPS) is 25.8. The molecule has 3 aliphatic heterocycles. The lowest BCUT2D eigenvalue weighted by atomic mass is 9.81. The van der Waals surface area contributed by atoms with E-state index in [9.17, 15) is 27.9 Å². The fourth-order valence-corrected chi connectivity index (χ4v) is 5.26. The van der Waals surface area contributed by atoms with E-state index in [1.54, 1.807) is 12.1 Å². The van der Waals surface area contributed by atoms with E-state index in [-0.39, 0.29) is 24.3 Å². The SMILES string of the molecule is C=CCC(O)(C(=O)N[C@H]1C[N+]2(CCC(N)=O)CCC1CC2)c1cccs1.O=C([O-])C(F)(F)F. The van der Waals surface area contributed by atoms with Crippen LogP contribution in [-0.4, -0.2) is 65.8 Å². The van der Waals surface area contributed by atoms with Gasteiger partial charge in [0.05, 0.1) is 38.6 Å². The predicted molar refractivity (Wildman–Crippen MR) is 112 cm³/mol. The van der Waals surface area contributed by atoms with Gasteiger partial charge in [0.25, 0.3) is 5.91 Å². The van der Waals surface area contributed by atoms with Crippen LogP contribution >= 0.6 is 11.3 Å². The molecule has 0 aromatic carbocycles. The molecule has 2 atom stereocenters. The molecule has 8 nitrogen and oxygen atoms in total. The standard InChI is InChI=1S/C19H27N3O3S.C2HF3O2/c1-2-8-19(25,16-4-3-12-26-16)18(24)21-15-13-22(11-7-17(20)23)9-5-14(15)6-10-22;3-2(4,5)1(6)7/h2-4,12,14-15,25H,1,5-11,13H2,(H2-,20,21,23,24);(H,6,7)/t14?,15-,19?,22?;/m0./s1. The summed E-state index contributed by atoms with van der Waals surface area (Å²) in [6.07, 6.45) is -0.999. The van der Waals surface area contributed by atoms with Gasteiger partial charge in [0, 0.05) is 24.1 Å². The summed E-state index contributed by atoms with van der Waals surface area (Å²) in [6.45, 7) is 7.30. The molecular formula is C21H28F3N3O5S. The van der Waals surface area contributed by atoms with E-state index in [0.29, 0.717) is 17.2 Å². The molecule has 1 aromatic rings. The summed E-state index contributed by atoms with van der Waals surface area (Å²) in [5, 5.41) is 24.8. The number of rotatable bonds is 8. The number of alkyl halides is 3. The smallest absolute Gasteiger partial charge is 0.430 e. The molecule has 3 saturated heterocycles. The van der Waals surface area contributed by atoms with E-state index in [2.05, 4.69) is 11.9 Å². The van der Waals surface area contributed by atoms with Crippen LogP contribution < -0.4 is 16.2 Å². The number of carboxylic acids is 1. The number of nitrogens with zero attached hydrogens (tertiary/aromatic N) is 1. The number of quaternary nitrogens is 1. The number of amides is 2. The van der Waals surface area contributed by atoms with E-state index in [4.69, 9.17) is 15.6 Å². The Morgan fingerprint density at radius 2 is 1.94 bits per heavy atom. The summed E-state index contributed by atoms with van der Waals surface area (Å²) in [4.78, 5) is 33.6. The number of hydrogen-bond acceptors (Lipinski definition) is 6. The highest BCUT2D eigenvalue weighted by Crippen LogP contribution is 2.36. The molecule has 184 valence electrons. The fraction of sp³-hybridized carbons (Fsp3) is 0.571. The summed E-state index contributed by atoms with van der Waals surface area (Å²) in [6, 6.07) is 3.64. The van der Waals surface area contributed by atoms with E-state index < -0.39 is 17.7 Å². The van der Waals surface area contributed by atoms with Crippen molar-refractivity contribution in [1.82, 2.24) is 5.32 Å². The Morgan fingerprint density at radius 3 is 2.39 bits per heavy atom. The Kier molecular flexibility index (Phi) is 8.66. The minimum Gasteiger partial charge on any atom is -0.542 e. The van der Waals surface area contributed by atoms with Crippen LogP contribution in [0.5, 0.6) is 0 Å². The number of nitrogens with one attached hydrogen (secondary N) is 1. The molecule has 33 heavy (non-hydrogen) atoms. The largest absolute Gasteiger partial charge is 0.542 e. The van der Waals surface area contributed by atoms with Gasteiger partial charge in [-0.15, -0.1) is 17.9 Å². The van der Waals surface area contributed by atoms with Crippen molar-refractivity contribution < 1.29 is 42.3 Å². The zero-order chi connectivity index (χ0) is 24.9. The first-order valence-corrected chi connectivity index (χ1v) is 11.3. The minimum absolute atomic E-state index is 0.0224. The number of aliphatic carboxylic acids is 1. The molecule has 1 aromatic heterocycles. The average molecular weight is 492 g/mol. The number of carbonyl (C=O) groups is 3. The second kappa shape index (κ2) is 10.7. The molecule has 0 saturated carbocycles. The Labute approximate surface area is 193 Å². The third-order valence-corrected chi connectivity index (χ3v) is 7.25. The van der Waals surface area contributed by atoms with E-state index >= 15 is 0 Å². The van der Waals surface area contributed by atoms with Crippen molar-refractivity contribution in [2.24, 2.45) is 11.7 Å². The van der Waals surface area contributed by atoms with Gasteiger partial charge in [-0.2, -0.15) is 13.2 Å². The third kappa shape index (κ3) is 6.78. The maximum absolute atomic E-state index is 13.0. The lowest BCUT2D eigenvalue weighted by molar-refractivity contribution is -0.943. The highest BCUT2D eigenvalue weighted by atomic mass is 32.1. The molecule has 4 N–H and O–H groups in total. The molecule has 3 aliphatic rings. The highest BCUT2D eigenvalue weighted by Gasteiger charge is 2.48. The molecule has 0 aliphatic carbocycles. The first-order valence-electron chi connectivity index (χ1n) is 10.4. The first kappa shape index (κ1) is 26.8. The van der Waals surface area contributed by atoms with Crippen molar-refractivity contribution in [2.75, 3.05) is 26.2 Å². The van der Waals surface area contributed by atoms with Gasteiger partial charge in [0.2, 0.25) is 5.91 Å². The van der Waals surface area contributed by atoms with Gasteiger partial charge in [-0.3, -0.25) is 9.59 Å². The number of piperidine rings is 3. The van der Waals surface area contributed by atoms with Gasteiger partial charge in [-0.05, 0) is 17.4 Å². The predicted octanol–water partition coefficient (Wildman–Crippen LogP) is 0.411. The van der Waals surface area contributed by atoms with Crippen molar-refractivity contribution in [1.29, 1.82) is 0 Å². The van der Waals surface area contributed by atoms with Gasteiger partial charge in [0.15, 0.2) is 5.60 Å². The number of nitrogens with two attached hydrogens (primary N) is 1. The summed E-state index contributed by atoms with van der Waals surface area (Å²) in [5.74, 6) is -3.20. The molecule has 4 heterocycles. The van der Waals surface area contributed by atoms with Crippen LogP contribution in [0.25, 0.3) is 0 Å². The van der Waals surface area contributed by atoms with E-state index in [0.717, 1.165) is 43.5 Å². The van der Waals surface area contributed by atoms with Crippen molar-refractivity contribution in [3.8, 4) is 0 Å². The lowest BCUT2D eigenvalue weighted by Crippen LogP contribution is -2.68. The van der Waals surface area contributed by atoms with Crippen LogP contribution in [0.2, 0.25) is 0 Å². The summed E-state index contributed by atoms with van der Waals surface area (Å²) >= 11 is 1.37. The number of thiophene rings is 1. The molecule has 2 bridgehead atoms. The van der Waals surface area contributed by atoms with E-state index in [1.807, 2.05) is 11.4 Å². The molecule has 0 radical (unpaired) electrons. The molecule has 0 spiro atoms. The average Bonchev–Trinajstić information content (AvgIpc) is 3.29. The van der Waals surface area contributed by atoms with Crippen molar-refractivity contribution >= 4 is 29.1 Å². The lowest BCUT2D eigenvalue weighted by Gasteiger charge is -2.53. The van der Waals surface area contributed by atoms with Gasteiger partial charge >= 0.3 is 6.18 Å². The number of fused-ring (bicyclic) bond motifs is 3.